The number of carbonyl (C=O) groups excluding carboxylic acids is 1. The number of hydrogen-bond donors (Lipinski definition) is 2. The van der Waals surface area contributed by atoms with Crippen LogP contribution in [-0.4, -0.2) is 33.2 Å². The van der Waals surface area contributed by atoms with Crippen molar-refractivity contribution >= 4 is 17.7 Å². The summed E-state index contributed by atoms with van der Waals surface area (Å²) in [5.41, 5.74) is 5.55. The van der Waals surface area contributed by atoms with Crippen molar-refractivity contribution in [1.82, 2.24) is 14.7 Å². The number of pyridine rings is 1. The first kappa shape index (κ1) is 26.5. The molecule has 3 aromatic carbocycles. The summed E-state index contributed by atoms with van der Waals surface area (Å²) < 4.78 is 13.6. The number of nitrogens with zero attached hydrogens (tertiary/aromatic N) is 2. The summed E-state index contributed by atoms with van der Waals surface area (Å²) >= 11 is 0. The SMILES string of the molecule is CCOc1cn2c([C@H](OC(=O)NCc3ccccc3)c3ccc(-c4ccccc4C(=O)O)cc3)ccc(C)c2n1. The summed E-state index contributed by atoms with van der Waals surface area (Å²) in [4.78, 5) is 29.4. The fourth-order valence-electron chi connectivity index (χ4n) is 4.61. The maximum absolute atomic E-state index is 13.0. The molecule has 0 unspecified atom stereocenters. The molecule has 8 nitrogen and oxygen atoms in total. The van der Waals surface area contributed by atoms with E-state index >= 15 is 0 Å². The second kappa shape index (κ2) is 11.7. The average molecular weight is 536 g/mol. The highest BCUT2D eigenvalue weighted by molar-refractivity contribution is 5.96. The van der Waals surface area contributed by atoms with E-state index in [1.807, 2.05) is 85.0 Å². The average Bonchev–Trinajstić information content (AvgIpc) is 3.41. The number of aromatic nitrogens is 2. The van der Waals surface area contributed by atoms with Crippen LogP contribution in [-0.2, 0) is 11.3 Å². The Morgan fingerprint density at radius 1 is 0.950 bits per heavy atom. The van der Waals surface area contributed by atoms with Gasteiger partial charge in [0, 0.05) is 6.54 Å². The highest BCUT2D eigenvalue weighted by atomic mass is 16.6. The molecule has 2 aromatic heterocycles. The number of carbonyl (C=O) groups is 2. The first-order valence-corrected chi connectivity index (χ1v) is 13.0. The maximum atomic E-state index is 13.0. The molecule has 202 valence electrons. The maximum Gasteiger partial charge on any atom is 0.408 e. The number of amides is 1. The van der Waals surface area contributed by atoms with Crippen molar-refractivity contribution in [1.29, 1.82) is 0 Å². The number of alkyl carbamates (subject to hydrolysis) is 1. The van der Waals surface area contributed by atoms with E-state index < -0.39 is 18.2 Å². The van der Waals surface area contributed by atoms with Gasteiger partial charge in [-0.2, -0.15) is 4.98 Å². The van der Waals surface area contributed by atoms with Gasteiger partial charge in [-0.05, 0) is 53.8 Å². The van der Waals surface area contributed by atoms with Gasteiger partial charge in [0.15, 0.2) is 6.10 Å². The third-order valence-electron chi connectivity index (χ3n) is 6.57. The van der Waals surface area contributed by atoms with Crippen LogP contribution in [0.4, 0.5) is 4.79 Å². The van der Waals surface area contributed by atoms with Gasteiger partial charge in [0.05, 0.1) is 24.1 Å². The van der Waals surface area contributed by atoms with Crippen LogP contribution >= 0.6 is 0 Å². The van der Waals surface area contributed by atoms with Gasteiger partial charge in [-0.3, -0.25) is 4.40 Å². The van der Waals surface area contributed by atoms with E-state index in [9.17, 15) is 14.7 Å². The zero-order valence-corrected chi connectivity index (χ0v) is 22.2. The molecule has 0 bridgehead atoms. The molecule has 1 amide bonds. The van der Waals surface area contributed by atoms with Crippen LogP contribution in [0, 0.1) is 6.92 Å². The van der Waals surface area contributed by atoms with E-state index in [2.05, 4.69) is 10.3 Å². The van der Waals surface area contributed by atoms with Gasteiger partial charge < -0.3 is 19.9 Å². The van der Waals surface area contributed by atoms with Crippen LogP contribution in [0.15, 0.2) is 97.2 Å². The molecule has 5 aromatic rings. The molecule has 8 heteroatoms. The van der Waals surface area contributed by atoms with E-state index in [0.717, 1.165) is 16.7 Å². The van der Waals surface area contributed by atoms with Crippen molar-refractivity contribution < 1.29 is 24.2 Å². The summed E-state index contributed by atoms with van der Waals surface area (Å²) in [7, 11) is 0. The minimum atomic E-state index is -0.997. The van der Waals surface area contributed by atoms with Crippen molar-refractivity contribution in [3.63, 3.8) is 0 Å². The highest BCUT2D eigenvalue weighted by Crippen LogP contribution is 2.32. The van der Waals surface area contributed by atoms with Crippen LogP contribution in [0.25, 0.3) is 16.8 Å². The molecule has 0 spiro atoms. The summed E-state index contributed by atoms with van der Waals surface area (Å²) in [6.07, 6.45) is 0.427. The predicted octanol–water partition coefficient (Wildman–Crippen LogP) is 6.42. The summed E-state index contributed by atoms with van der Waals surface area (Å²) in [5.74, 6) is -0.519. The Bertz CT molecular complexity index is 1650. The normalized spacial score (nSPS) is 11.7. The fraction of sp³-hybridized carbons (Fsp3) is 0.156. The summed E-state index contributed by atoms with van der Waals surface area (Å²) in [6, 6.07) is 27.6. The number of nitrogens with one attached hydrogen (secondary N) is 1. The van der Waals surface area contributed by atoms with E-state index in [1.165, 1.54) is 0 Å². The van der Waals surface area contributed by atoms with Gasteiger partial charge >= 0.3 is 12.1 Å². The topological polar surface area (TPSA) is 102 Å². The van der Waals surface area contributed by atoms with E-state index in [1.54, 1.807) is 30.5 Å². The predicted molar refractivity (Wildman–Crippen MR) is 152 cm³/mol. The molecule has 0 saturated heterocycles. The first-order valence-electron chi connectivity index (χ1n) is 13.0. The Morgan fingerprint density at radius 3 is 2.40 bits per heavy atom. The van der Waals surface area contributed by atoms with Gasteiger partial charge in [0.25, 0.3) is 0 Å². The van der Waals surface area contributed by atoms with Gasteiger partial charge in [-0.25, -0.2) is 9.59 Å². The number of hydrogen-bond acceptors (Lipinski definition) is 5. The lowest BCUT2D eigenvalue weighted by Gasteiger charge is -2.21. The van der Waals surface area contributed by atoms with Crippen molar-refractivity contribution in [2.45, 2.75) is 26.5 Å². The molecule has 40 heavy (non-hydrogen) atoms. The Kier molecular flexibility index (Phi) is 7.77. The molecule has 0 aliphatic rings. The van der Waals surface area contributed by atoms with Crippen molar-refractivity contribution in [2.24, 2.45) is 0 Å². The number of rotatable bonds is 9. The lowest BCUT2D eigenvalue weighted by molar-refractivity contribution is 0.0697. The number of ether oxygens (including phenoxy) is 2. The van der Waals surface area contributed by atoms with Crippen LogP contribution in [0.2, 0.25) is 0 Å². The van der Waals surface area contributed by atoms with Crippen LogP contribution < -0.4 is 10.1 Å². The number of fused-ring (bicyclic) bond motifs is 1. The summed E-state index contributed by atoms with van der Waals surface area (Å²) in [6.45, 7) is 4.64. The third kappa shape index (κ3) is 5.66. The molecule has 0 aliphatic carbocycles. The molecular weight excluding hydrogens is 506 g/mol. The molecule has 0 aliphatic heterocycles. The van der Waals surface area contributed by atoms with Crippen molar-refractivity contribution in [3.05, 3.63) is 125 Å². The quantitative estimate of drug-likeness (QED) is 0.226. The first-order chi connectivity index (χ1) is 19.4. The van der Waals surface area contributed by atoms with Crippen molar-refractivity contribution in [3.8, 4) is 17.0 Å². The molecule has 2 N–H and O–H groups in total. The van der Waals surface area contributed by atoms with Crippen molar-refractivity contribution in [2.75, 3.05) is 6.61 Å². The summed E-state index contributed by atoms with van der Waals surface area (Å²) in [5, 5.41) is 12.5. The smallest absolute Gasteiger partial charge is 0.408 e. The Hall–Kier alpha value is -5.11. The molecule has 1 atom stereocenters. The van der Waals surface area contributed by atoms with Crippen LogP contribution in [0.1, 0.15) is 45.8 Å². The largest absolute Gasteiger partial charge is 0.478 e. The number of aromatic carboxylic acids is 1. The Labute approximate surface area is 231 Å². The van der Waals surface area contributed by atoms with Crippen LogP contribution in [0.3, 0.4) is 0 Å². The fourth-order valence-corrected chi connectivity index (χ4v) is 4.61. The lowest BCUT2D eigenvalue weighted by atomic mass is 9.97. The Morgan fingerprint density at radius 2 is 1.68 bits per heavy atom. The number of carboxylic acid groups (broad SMARTS) is 1. The van der Waals surface area contributed by atoms with Gasteiger partial charge in [0.1, 0.15) is 5.65 Å². The highest BCUT2D eigenvalue weighted by Gasteiger charge is 2.24. The monoisotopic (exact) mass is 535 g/mol. The molecule has 0 radical (unpaired) electrons. The zero-order chi connectivity index (χ0) is 28.1. The van der Waals surface area contributed by atoms with Crippen LogP contribution in [0.5, 0.6) is 5.88 Å². The molecule has 0 fully saturated rings. The third-order valence-corrected chi connectivity index (χ3v) is 6.57. The van der Waals surface area contributed by atoms with Gasteiger partial charge in [-0.15, -0.1) is 0 Å². The molecular formula is C32H29N3O5. The Balaban J connectivity index is 1.52. The molecule has 5 rings (SSSR count). The van der Waals surface area contributed by atoms with E-state index in [0.29, 0.717) is 41.5 Å². The van der Waals surface area contributed by atoms with E-state index in [4.69, 9.17) is 9.47 Å². The minimum Gasteiger partial charge on any atom is -0.478 e. The lowest BCUT2D eigenvalue weighted by Crippen LogP contribution is -2.26. The number of carboxylic acids is 1. The molecule has 0 saturated carbocycles. The minimum absolute atomic E-state index is 0.213. The second-order valence-corrected chi connectivity index (χ2v) is 9.24. The standard InChI is InChI=1S/C32H29N3O5/c1-3-39-28-20-35-27(18-13-21(2)30(35)34-28)29(40-32(38)33-19-22-9-5-4-6-10-22)24-16-14-23(15-17-24)25-11-7-8-12-26(25)31(36)37/h4-18,20,29H,3,19H2,1-2H3,(H,33,38)(H,36,37)/t29-/m1/s1. The number of aryl methyl sites for hydroxylation is 1. The number of benzene rings is 3. The van der Waals surface area contributed by atoms with Gasteiger partial charge in [-0.1, -0.05) is 78.9 Å². The number of imidazole rings is 1. The molecule has 2 heterocycles. The van der Waals surface area contributed by atoms with Gasteiger partial charge in [0.2, 0.25) is 5.88 Å². The van der Waals surface area contributed by atoms with E-state index in [-0.39, 0.29) is 5.56 Å². The zero-order valence-electron chi connectivity index (χ0n) is 22.2. The second-order valence-electron chi connectivity index (χ2n) is 9.24.